The molecule has 1 aliphatic heterocycles. The molecule has 30 heavy (non-hydrogen) atoms. The Morgan fingerprint density at radius 2 is 1.77 bits per heavy atom. The number of ether oxygens (including phenoxy) is 1. The third kappa shape index (κ3) is 4.28. The molecular weight excluding hydrogens is 384 g/mol. The Morgan fingerprint density at radius 3 is 2.40 bits per heavy atom. The number of nitrogens with zero attached hydrogens (tertiary/aromatic N) is 2. The highest BCUT2D eigenvalue weighted by Crippen LogP contribution is 2.34. The molecule has 1 aliphatic rings. The lowest BCUT2D eigenvalue weighted by atomic mass is 10.1. The van der Waals surface area contributed by atoms with E-state index in [1.165, 1.54) is 4.90 Å². The molecule has 3 rings (SSSR count). The molecule has 2 aromatic rings. The second kappa shape index (κ2) is 8.96. The maximum atomic E-state index is 12.5. The number of hydrogen-bond acceptors (Lipinski definition) is 5. The number of benzene rings is 2. The lowest BCUT2D eigenvalue weighted by molar-refractivity contribution is -0.140. The van der Waals surface area contributed by atoms with Crippen LogP contribution >= 0.6 is 0 Å². The summed E-state index contributed by atoms with van der Waals surface area (Å²) in [5.74, 6) is -1.16. The van der Waals surface area contributed by atoms with Crippen LogP contribution in [0.3, 0.4) is 0 Å². The van der Waals surface area contributed by atoms with Gasteiger partial charge in [-0.25, -0.2) is 0 Å². The number of likely N-dealkylation sites (N-methyl/N-ethyl adjacent to an activating group) is 2. The van der Waals surface area contributed by atoms with E-state index in [2.05, 4.69) is 10.6 Å². The van der Waals surface area contributed by atoms with Crippen LogP contribution in [0.25, 0.3) is 0 Å². The number of carbonyl (C=O) groups excluding carboxylic acids is 3. The molecule has 8 nitrogen and oxygen atoms in total. The molecule has 0 aliphatic carbocycles. The van der Waals surface area contributed by atoms with E-state index in [1.54, 1.807) is 32.4 Å². The lowest BCUT2D eigenvalue weighted by Gasteiger charge is -2.25. The van der Waals surface area contributed by atoms with Crippen molar-refractivity contribution in [3.8, 4) is 5.75 Å². The Bertz CT molecular complexity index is 942. The smallest absolute Gasteiger partial charge is 0.310 e. The second-order valence-electron chi connectivity index (χ2n) is 7.33. The van der Waals surface area contributed by atoms with Gasteiger partial charge in [-0.3, -0.25) is 14.4 Å². The fraction of sp³-hybridized carbons (Fsp3) is 0.318. The number of fused-ring (bicyclic) bond motifs is 1. The molecule has 2 aromatic carbocycles. The molecule has 2 atom stereocenters. The molecule has 3 amide bonds. The van der Waals surface area contributed by atoms with Crippen LogP contribution < -0.4 is 20.3 Å². The average Bonchev–Trinajstić information content (AvgIpc) is 2.99. The summed E-state index contributed by atoms with van der Waals surface area (Å²) in [6.07, 6.45) is 0. The third-order valence-electron chi connectivity index (χ3n) is 5.25. The minimum atomic E-state index is -0.865. The van der Waals surface area contributed by atoms with Gasteiger partial charge in [-0.15, -0.1) is 0 Å². The van der Waals surface area contributed by atoms with E-state index in [0.29, 0.717) is 5.56 Å². The van der Waals surface area contributed by atoms with Gasteiger partial charge in [0.1, 0.15) is 11.8 Å². The number of para-hydroxylation sites is 1. The van der Waals surface area contributed by atoms with Crippen LogP contribution in [0.1, 0.15) is 23.2 Å². The Kier molecular flexibility index (Phi) is 6.37. The van der Waals surface area contributed by atoms with Gasteiger partial charge in [0.05, 0.1) is 13.2 Å². The topological polar surface area (TPSA) is 91.0 Å². The van der Waals surface area contributed by atoms with Crippen molar-refractivity contribution in [3.63, 3.8) is 0 Å². The molecule has 0 bridgehead atoms. The maximum Gasteiger partial charge on any atom is 0.310 e. The van der Waals surface area contributed by atoms with Gasteiger partial charge < -0.3 is 25.2 Å². The number of amides is 3. The molecule has 8 heteroatoms. The van der Waals surface area contributed by atoms with E-state index in [-0.39, 0.29) is 18.5 Å². The van der Waals surface area contributed by atoms with Crippen molar-refractivity contribution in [1.82, 2.24) is 15.5 Å². The number of rotatable bonds is 6. The largest absolute Gasteiger partial charge is 0.497 e. The zero-order chi connectivity index (χ0) is 21.8. The van der Waals surface area contributed by atoms with Gasteiger partial charge in [0.2, 0.25) is 0 Å². The van der Waals surface area contributed by atoms with Crippen molar-refractivity contribution in [2.45, 2.75) is 12.1 Å². The molecular formula is C22H26N4O4. The van der Waals surface area contributed by atoms with Crippen LogP contribution in [0.4, 0.5) is 5.69 Å². The normalized spacial score (nSPS) is 16.2. The van der Waals surface area contributed by atoms with Crippen molar-refractivity contribution < 1.29 is 19.1 Å². The molecule has 0 saturated heterocycles. The Balaban J connectivity index is 1.63. The average molecular weight is 410 g/mol. The Labute approximate surface area is 175 Å². The van der Waals surface area contributed by atoms with E-state index in [1.807, 2.05) is 49.3 Å². The van der Waals surface area contributed by atoms with Gasteiger partial charge in [-0.1, -0.05) is 30.3 Å². The van der Waals surface area contributed by atoms with Crippen LogP contribution in [-0.4, -0.2) is 57.4 Å². The minimum absolute atomic E-state index is 0.132. The highest BCUT2D eigenvalue weighted by atomic mass is 16.5. The van der Waals surface area contributed by atoms with Crippen LogP contribution in [-0.2, 0) is 14.4 Å². The van der Waals surface area contributed by atoms with Gasteiger partial charge in [-0.2, -0.15) is 0 Å². The first-order chi connectivity index (χ1) is 14.3. The molecule has 0 unspecified atom stereocenters. The summed E-state index contributed by atoms with van der Waals surface area (Å²) >= 11 is 0. The van der Waals surface area contributed by atoms with Crippen LogP contribution in [0.15, 0.2) is 48.5 Å². The van der Waals surface area contributed by atoms with Gasteiger partial charge in [0, 0.05) is 24.8 Å². The molecule has 2 N–H and O–H groups in total. The summed E-state index contributed by atoms with van der Waals surface area (Å²) in [6, 6.07) is 13.7. The fourth-order valence-corrected chi connectivity index (χ4v) is 3.51. The first kappa shape index (κ1) is 21.3. The van der Waals surface area contributed by atoms with Crippen LogP contribution in [0.2, 0.25) is 0 Å². The van der Waals surface area contributed by atoms with Gasteiger partial charge >= 0.3 is 11.8 Å². The first-order valence-electron chi connectivity index (χ1n) is 9.59. The standard InChI is InChI=1S/C22H26N4O4/c1-25(2)18(14-9-11-15(30-4)12-10-14)13-23-20(27)21(28)24-19-16-7-5-6-8-17(16)26(3)22(19)29/h5-12,18-19H,13H2,1-4H3,(H,23,27)(H,24,28)/t18-,19-/m0/s1. The van der Waals surface area contributed by atoms with Gasteiger partial charge in [0.15, 0.2) is 0 Å². The molecule has 0 radical (unpaired) electrons. The molecule has 0 saturated carbocycles. The Morgan fingerprint density at radius 1 is 1.10 bits per heavy atom. The predicted octanol–water partition coefficient (Wildman–Crippen LogP) is 1.25. The summed E-state index contributed by atoms with van der Waals surface area (Å²) in [4.78, 5) is 40.7. The van der Waals surface area contributed by atoms with Gasteiger partial charge in [0.25, 0.3) is 5.91 Å². The zero-order valence-corrected chi connectivity index (χ0v) is 17.5. The SMILES string of the molecule is COc1ccc([C@H](CNC(=O)C(=O)N[C@@H]2C(=O)N(C)c3ccccc32)N(C)C)cc1. The molecule has 0 aromatic heterocycles. The summed E-state index contributed by atoms with van der Waals surface area (Å²) < 4.78 is 5.18. The number of hydrogen-bond donors (Lipinski definition) is 2. The summed E-state index contributed by atoms with van der Waals surface area (Å²) in [7, 11) is 7.03. The molecule has 158 valence electrons. The third-order valence-corrected chi connectivity index (χ3v) is 5.25. The first-order valence-corrected chi connectivity index (χ1v) is 9.59. The molecule has 0 spiro atoms. The quantitative estimate of drug-likeness (QED) is 0.700. The van der Waals surface area contributed by atoms with Crippen molar-refractivity contribution in [3.05, 3.63) is 59.7 Å². The number of anilines is 1. The number of nitrogens with one attached hydrogen (secondary N) is 2. The van der Waals surface area contributed by atoms with E-state index < -0.39 is 17.9 Å². The van der Waals surface area contributed by atoms with Crippen molar-refractivity contribution in [2.24, 2.45) is 0 Å². The van der Waals surface area contributed by atoms with E-state index in [9.17, 15) is 14.4 Å². The molecule has 1 heterocycles. The second-order valence-corrected chi connectivity index (χ2v) is 7.33. The minimum Gasteiger partial charge on any atom is -0.497 e. The van der Waals surface area contributed by atoms with E-state index in [0.717, 1.165) is 17.0 Å². The number of methoxy groups -OCH3 is 1. The summed E-state index contributed by atoms with van der Waals surface area (Å²) in [5.41, 5.74) is 2.37. The van der Waals surface area contributed by atoms with E-state index in [4.69, 9.17) is 4.74 Å². The van der Waals surface area contributed by atoms with Crippen molar-refractivity contribution in [1.29, 1.82) is 0 Å². The predicted molar refractivity (Wildman–Crippen MR) is 113 cm³/mol. The highest BCUT2D eigenvalue weighted by molar-refractivity contribution is 6.35. The van der Waals surface area contributed by atoms with Crippen molar-refractivity contribution >= 4 is 23.4 Å². The fourth-order valence-electron chi connectivity index (χ4n) is 3.51. The van der Waals surface area contributed by atoms with E-state index >= 15 is 0 Å². The maximum absolute atomic E-state index is 12.5. The van der Waals surface area contributed by atoms with Crippen molar-refractivity contribution in [2.75, 3.05) is 39.7 Å². The molecule has 0 fully saturated rings. The van der Waals surface area contributed by atoms with Gasteiger partial charge in [-0.05, 0) is 37.9 Å². The van der Waals surface area contributed by atoms with Crippen LogP contribution in [0.5, 0.6) is 5.75 Å². The van der Waals surface area contributed by atoms with Crippen LogP contribution in [0, 0.1) is 0 Å². The Hall–Kier alpha value is -3.39. The summed E-state index contributed by atoms with van der Waals surface area (Å²) in [6.45, 7) is 0.237. The number of carbonyl (C=O) groups is 3. The monoisotopic (exact) mass is 410 g/mol. The summed E-state index contributed by atoms with van der Waals surface area (Å²) in [5, 5.41) is 5.22. The highest BCUT2D eigenvalue weighted by Gasteiger charge is 2.36. The zero-order valence-electron chi connectivity index (χ0n) is 17.5. The lowest BCUT2D eigenvalue weighted by Crippen LogP contribution is -2.45.